The van der Waals surface area contributed by atoms with Gasteiger partial charge in [-0.05, 0) is 67.3 Å². The quantitative estimate of drug-likeness (QED) is 0.555. The van der Waals surface area contributed by atoms with E-state index >= 15 is 0 Å². The highest BCUT2D eigenvalue weighted by molar-refractivity contribution is 7.92. The largest absolute Gasteiger partial charge is 0.352 e. The highest BCUT2D eigenvalue weighted by Crippen LogP contribution is 2.22. The van der Waals surface area contributed by atoms with Gasteiger partial charge in [0.25, 0.3) is 15.9 Å². The normalized spacial score (nSPS) is 11.2. The number of halogens is 1. The number of amides is 1. The molecule has 0 bridgehead atoms. The molecule has 0 aliphatic heterocycles. The molecule has 0 aromatic heterocycles. The lowest BCUT2D eigenvalue weighted by Gasteiger charge is -2.13. The van der Waals surface area contributed by atoms with E-state index in [0.717, 1.165) is 11.1 Å². The minimum atomic E-state index is -3.83. The maximum absolute atomic E-state index is 12.9. The number of hydrogen-bond acceptors (Lipinski definition) is 3. The lowest BCUT2D eigenvalue weighted by molar-refractivity contribution is 0.0954. The van der Waals surface area contributed by atoms with E-state index in [4.69, 9.17) is 11.6 Å². The maximum Gasteiger partial charge on any atom is 0.262 e. The zero-order valence-corrected chi connectivity index (χ0v) is 18.3. The number of sulfonamides is 1. The summed E-state index contributed by atoms with van der Waals surface area (Å²) in [5.74, 6) is -0.323. The van der Waals surface area contributed by atoms with Crippen LogP contribution < -0.4 is 10.0 Å². The molecule has 0 aliphatic carbocycles. The smallest absolute Gasteiger partial charge is 0.262 e. The van der Waals surface area contributed by atoms with Crippen molar-refractivity contribution < 1.29 is 13.2 Å². The van der Waals surface area contributed by atoms with Gasteiger partial charge in [-0.25, -0.2) is 8.42 Å². The van der Waals surface area contributed by atoms with Gasteiger partial charge < -0.3 is 5.32 Å². The van der Waals surface area contributed by atoms with E-state index < -0.39 is 10.0 Å². The Morgan fingerprint density at radius 1 is 0.933 bits per heavy atom. The second-order valence-electron chi connectivity index (χ2n) is 7.03. The van der Waals surface area contributed by atoms with Gasteiger partial charge in [0.1, 0.15) is 0 Å². The monoisotopic (exact) mass is 442 g/mol. The van der Waals surface area contributed by atoms with Crippen LogP contribution in [-0.4, -0.2) is 20.9 Å². The number of rotatable bonds is 7. The van der Waals surface area contributed by atoms with Crippen LogP contribution in [0.25, 0.3) is 0 Å². The van der Waals surface area contributed by atoms with Crippen molar-refractivity contribution in [3.8, 4) is 0 Å². The van der Waals surface area contributed by atoms with Gasteiger partial charge in [0, 0.05) is 17.1 Å². The Morgan fingerprint density at radius 2 is 1.63 bits per heavy atom. The summed E-state index contributed by atoms with van der Waals surface area (Å²) in [6.45, 7) is 3.96. The van der Waals surface area contributed by atoms with Gasteiger partial charge in [0.15, 0.2) is 0 Å². The zero-order chi connectivity index (χ0) is 21.7. The Kier molecular flexibility index (Phi) is 6.80. The lowest BCUT2D eigenvalue weighted by atomic mass is 10.1. The molecule has 3 aromatic rings. The molecule has 0 spiro atoms. The molecule has 3 aromatic carbocycles. The van der Waals surface area contributed by atoms with Crippen LogP contribution in [0.5, 0.6) is 0 Å². The molecule has 156 valence electrons. The van der Waals surface area contributed by atoms with Crippen molar-refractivity contribution in [2.24, 2.45) is 0 Å². The fourth-order valence-electron chi connectivity index (χ4n) is 2.99. The third-order valence-electron chi connectivity index (χ3n) is 4.74. The third kappa shape index (κ3) is 5.40. The Morgan fingerprint density at radius 3 is 2.33 bits per heavy atom. The first-order chi connectivity index (χ1) is 14.3. The van der Waals surface area contributed by atoms with Crippen molar-refractivity contribution in [1.29, 1.82) is 0 Å². The molecular weight excluding hydrogens is 420 g/mol. The summed E-state index contributed by atoms with van der Waals surface area (Å²) in [7, 11) is -3.83. The van der Waals surface area contributed by atoms with Crippen molar-refractivity contribution in [3.05, 3.63) is 94.0 Å². The van der Waals surface area contributed by atoms with Gasteiger partial charge in [-0.2, -0.15) is 0 Å². The number of hydrogen-bond donors (Lipinski definition) is 2. The van der Waals surface area contributed by atoms with Crippen LogP contribution in [0.3, 0.4) is 0 Å². The molecule has 3 rings (SSSR count). The summed E-state index contributed by atoms with van der Waals surface area (Å²) in [4.78, 5) is 12.6. The number of carbonyl (C=O) groups excluding carboxylic acids is 1. The molecule has 7 heteroatoms. The molecular formula is C23H23ClN2O3S. The van der Waals surface area contributed by atoms with Gasteiger partial charge in [-0.1, -0.05) is 48.0 Å². The van der Waals surface area contributed by atoms with Crippen LogP contribution >= 0.6 is 11.6 Å². The average Bonchev–Trinajstić information content (AvgIpc) is 2.71. The zero-order valence-electron chi connectivity index (χ0n) is 16.8. The van der Waals surface area contributed by atoms with Crippen LogP contribution in [0.15, 0.2) is 71.6 Å². The molecule has 30 heavy (non-hydrogen) atoms. The molecule has 0 aliphatic rings. The standard InChI is InChI=1S/C23H23ClN2O3S/c1-16-5-3-4-6-21(16)26-30(28,29)22-15-19(10-7-17(22)2)23(27)25-14-13-18-8-11-20(24)12-9-18/h3-12,15,26H,13-14H2,1-2H3,(H,25,27). The Bertz CT molecular complexity index is 1160. The minimum absolute atomic E-state index is 0.0797. The lowest BCUT2D eigenvalue weighted by Crippen LogP contribution is -2.26. The predicted octanol–water partition coefficient (Wildman–Crippen LogP) is 4.73. The van der Waals surface area contributed by atoms with Gasteiger partial charge in [0.2, 0.25) is 0 Å². The van der Waals surface area contributed by atoms with E-state index in [-0.39, 0.29) is 10.8 Å². The molecule has 0 heterocycles. The number of anilines is 1. The first-order valence-electron chi connectivity index (χ1n) is 9.48. The Labute approximate surface area is 182 Å². The van der Waals surface area contributed by atoms with Gasteiger partial charge in [-0.3, -0.25) is 9.52 Å². The summed E-state index contributed by atoms with van der Waals surface area (Å²) in [6, 6.07) is 19.2. The van der Waals surface area contributed by atoms with E-state index in [1.807, 2.05) is 31.2 Å². The number of carbonyl (C=O) groups is 1. The third-order valence-corrected chi connectivity index (χ3v) is 6.50. The summed E-state index contributed by atoms with van der Waals surface area (Å²) in [5, 5.41) is 3.49. The Hall–Kier alpha value is -2.83. The minimum Gasteiger partial charge on any atom is -0.352 e. The summed E-state index contributed by atoms with van der Waals surface area (Å²) in [5.41, 5.74) is 3.23. The van der Waals surface area contributed by atoms with Gasteiger partial charge in [0.05, 0.1) is 10.6 Å². The van der Waals surface area contributed by atoms with E-state index in [0.29, 0.717) is 34.8 Å². The van der Waals surface area contributed by atoms with E-state index in [1.165, 1.54) is 6.07 Å². The topological polar surface area (TPSA) is 75.3 Å². The molecule has 2 N–H and O–H groups in total. The van der Waals surface area contributed by atoms with Crippen molar-refractivity contribution in [1.82, 2.24) is 5.32 Å². The molecule has 0 radical (unpaired) electrons. The van der Waals surface area contributed by atoms with Crippen molar-refractivity contribution >= 4 is 33.2 Å². The van der Waals surface area contributed by atoms with Crippen LogP contribution in [0.2, 0.25) is 5.02 Å². The first kappa shape index (κ1) is 21.9. The van der Waals surface area contributed by atoms with Crippen LogP contribution in [0.4, 0.5) is 5.69 Å². The second-order valence-corrected chi connectivity index (χ2v) is 9.12. The highest BCUT2D eigenvalue weighted by Gasteiger charge is 2.20. The van der Waals surface area contributed by atoms with Crippen molar-refractivity contribution in [3.63, 3.8) is 0 Å². The SMILES string of the molecule is Cc1ccccc1NS(=O)(=O)c1cc(C(=O)NCCc2ccc(Cl)cc2)ccc1C. The van der Waals surface area contributed by atoms with Crippen LogP contribution in [0.1, 0.15) is 27.0 Å². The van der Waals surface area contributed by atoms with Crippen molar-refractivity contribution in [2.45, 2.75) is 25.2 Å². The number of aryl methyl sites for hydroxylation is 2. The summed E-state index contributed by atoms with van der Waals surface area (Å²) in [6.07, 6.45) is 0.648. The highest BCUT2D eigenvalue weighted by atomic mass is 35.5. The van der Waals surface area contributed by atoms with Crippen LogP contribution in [-0.2, 0) is 16.4 Å². The van der Waals surface area contributed by atoms with E-state index in [2.05, 4.69) is 10.0 Å². The molecule has 0 saturated carbocycles. The predicted molar refractivity (Wildman–Crippen MR) is 121 cm³/mol. The molecule has 1 amide bonds. The van der Waals surface area contributed by atoms with E-state index in [9.17, 15) is 13.2 Å². The molecule has 5 nitrogen and oxygen atoms in total. The van der Waals surface area contributed by atoms with Crippen molar-refractivity contribution in [2.75, 3.05) is 11.3 Å². The number of nitrogens with one attached hydrogen (secondary N) is 2. The fraction of sp³-hybridized carbons (Fsp3) is 0.174. The maximum atomic E-state index is 12.9. The van der Waals surface area contributed by atoms with Gasteiger partial charge in [-0.15, -0.1) is 0 Å². The first-order valence-corrected chi connectivity index (χ1v) is 11.3. The molecule has 0 saturated heterocycles. The average molecular weight is 443 g/mol. The van der Waals surface area contributed by atoms with E-state index in [1.54, 1.807) is 43.3 Å². The molecule has 0 unspecified atom stereocenters. The second kappa shape index (κ2) is 9.32. The summed E-state index contributed by atoms with van der Waals surface area (Å²) < 4.78 is 28.5. The fourth-order valence-corrected chi connectivity index (χ4v) is 4.52. The Balaban J connectivity index is 1.73. The molecule has 0 atom stereocenters. The van der Waals surface area contributed by atoms with Crippen LogP contribution in [0, 0.1) is 13.8 Å². The van der Waals surface area contributed by atoms with Gasteiger partial charge >= 0.3 is 0 Å². The number of benzene rings is 3. The molecule has 0 fully saturated rings. The number of para-hydroxylation sites is 1. The summed E-state index contributed by atoms with van der Waals surface area (Å²) >= 11 is 5.88.